The van der Waals surface area contributed by atoms with Crippen LogP contribution in [0.4, 0.5) is 0 Å². The van der Waals surface area contributed by atoms with Crippen molar-refractivity contribution in [3.05, 3.63) is 40.6 Å². The third kappa shape index (κ3) is 2.18. The lowest BCUT2D eigenvalue weighted by Gasteiger charge is -2.08. The van der Waals surface area contributed by atoms with Crippen LogP contribution in [0.15, 0.2) is 18.2 Å². The molecule has 96 valence electrons. The highest BCUT2D eigenvalue weighted by Crippen LogP contribution is 2.26. The maximum Gasteiger partial charge on any atom is 0.0928 e. The summed E-state index contributed by atoms with van der Waals surface area (Å²) in [6.45, 7) is 7.13. The van der Waals surface area contributed by atoms with Crippen molar-refractivity contribution in [3.63, 3.8) is 0 Å². The fourth-order valence-corrected chi connectivity index (χ4v) is 2.25. The van der Waals surface area contributed by atoms with Crippen LogP contribution in [0.5, 0.6) is 0 Å². The van der Waals surface area contributed by atoms with Crippen molar-refractivity contribution in [2.24, 2.45) is 12.8 Å². The van der Waals surface area contributed by atoms with E-state index in [1.165, 1.54) is 27.9 Å². The Kier molecular flexibility index (Phi) is 3.53. The number of aryl methyl sites for hydroxylation is 2. The molecule has 1 aromatic heterocycles. The van der Waals surface area contributed by atoms with Gasteiger partial charge in [0.25, 0.3) is 0 Å². The summed E-state index contributed by atoms with van der Waals surface area (Å²) in [6, 6.07) is 6.46. The predicted octanol–water partition coefficient (Wildman–Crippen LogP) is 2.51. The van der Waals surface area contributed by atoms with E-state index in [2.05, 4.69) is 44.1 Å². The highest BCUT2D eigenvalue weighted by molar-refractivity contribution is 5.66. The molecule has 0 amide bonds. The molecule has 0 fully saturated rings. The van der Waals surface area contributed by atoms with Crippen LogP contribution in [0.2, 0.25) is 0 Å². The van der Waals surface area contributed by atoms with E-state index in [1.54, 1.807) is 0 Å². The molecule has 2 N–H and O–H groups in total. The van der Waals surface area contributed by atoms with Gasteiger partial charge in [0.1, 0.15) is 0 Å². The lowest BCUT2D eigenvalue weighted by Crippen LogP contribution is -2.06. The summed E-state index contributed by atoms with van der Waals surface area (Å²) in [5.74, 6) is 0. The third-order valence-electron chi connectivity index (χ3n) is 3.71. The molecule has 2 rings (SSSR count). The van der Waals surface area contributed by atoms with E-state index in [0.29, 0.717) is 6.54 Å². The van der Waals surface area contributed by atoms with Crippen molar-refractivity contribution >= 4 is 0 Å². The molecule has 0 saturated heterocycles. The topological polar surface area (TPSA) is 43.8 Å². The largest absolute Gasteiger partial charge is 0.330 e. The van der Waals surface area contributed by atoms with Gasteiger partial charge < -0.3 is 5.73 Å². The van der Waals surface area contributed by atoms with Crippen molar-refractivity contribution in [1.82, 2.24) is 9.78 Å². The van der Waals surface area contributed by atoms with Crippen molar-refractivity contribution in [3.8, 4) is 11.3 Å². The first-order chi connectivity index (χ1) is 8.54. The Labute approximate surface area is 109 Å². The Balaban J connectivity index is 2.49. The summed E-state index contributed by atoms with van der Waals surface area (Å²) in [5.41, 5.74) is 13.0. The summed E-state index contributed by atoms with van der Waals surface area (Å²) in [5, 5.41) is 4.59. The molecule has 3 nitrogen and oxygen atoms in total. The molecule has 1 aromatic carbocycles. The summed E-state index contributed by atoms with van der Waals surface area (Å²) >= 11 is 0. The zero-order valence-corrected chi connectivity index (χ0v) is 11.6. The molecule has 0 radical (unpaired) electrons. The van der Waals surface area contributed by atoms with E-state index >= 15 is 0 Å². The first-order valence-corrected chi connectivity index (χ1v) is 6.34. The van der Waals surface area contributed by atoms with E-state index in [4.69, 9.17) is 5.73 Å². The number of hydrogen-bond acceptors (Lipinski definition) is 2. The van der Waals surface area contributed by atoms with Crippen LogP contribution in [0.1, 0.15) is 22.4 Å². The average molecular weight is 243 g/mol. The second-order valence-corrected chi connectivity index (χ2v) is 4.86. The standard InChI is InChI=1S/C15H21N3/c1-10-5-6-14(12(3)11(10)2)15-9-13(7-8-16)18(4)17-15/h5-6,9H,7-8,16H2,1-4H3. The number of benzene rings is 1. The molecule has 2 aromatic rings. The number of nitrogens with zero attached hydrogens (tertiary/aromatic N) is 2. The van der Waals surface area contributed by atoms with E-state index in [0.717, 1.165) is 12.1 Å². The van der Waals surface area contributed by atoms with E-state index in [9.17, 15) is 0 Å². The minimum absolute atomic E-state index is 0.658. The van der Waals surface area contributed by atoms with Gasteiger partial charge in [-0.05, 0) is 50.1 Å². The molecule has 0 bridgehead atoms. The van der Waals surface area contributed by atoms with Gasteiger partial charge in [-0.15, -0.1) is 0 Å². The summed E-state index contributed by atoms with van der Waals surface area (Å²) in [6.07, 6.45) is 0.868. The molecule has 3 heteroatoms. The van der Waals surface area contributed by atoms with Crippen LogP contribution in [0.3, 0.4) is 0 Å². The van der Waals surface area contributed by atoms with Crippen LogP contribution < -0.4 is 5.73 Å². The van der Waals surface area contributed by atoms with Crippen LogP contribution in [-0.4, -0.2) is 16.3 Å². The molecule has 0 spiro atoms. The molecule has 18 heavy (non-hydrogen) atoms. The normalized spacial score (nSPS) is 10.9. The second kappa shape index (κ2) is 4.94. The SMILES string of the molecule is Cc1ccc(-c2cc(CCN)n(C)n2)c(C)c1C. The number of aromatic nitrogens is 2. The highest BCUT2D eigenvalue weighted by atomic mass is 15.3. The molecule has 1 heterocycles. The summed E-state index contributed by atoms with van der Waals surface area (Å²) < 4.78 is 1.93. The van der Waals surface area contributed by atoms with Gasteiger partial charge in [0.15, 0.2) is 0 Å². The Morgan fingerprint density at radius 2 is 1.89 bits per heavy atom. The summed E-state index contributed by atoms with van der Waals surface area (Å²) in [4.78, 5) is 0. The smallest absolute Gasteiger partial charge is 0.0928 e. The van der Waals surface area contributed by atoms with Crippen LogP contribution in [-0.2, 0) is 13.5 Å². The fraction of sp³-hybridized carbons (Fsp3) is 0.400. The number of rotatable bonds is 3. The Morgan fingerprint density at radius 1 is 1.17 bits per heavy atom. The van der Waals surface area contributed by atoms with Gasteiger partial charge in [-0.1, -0.05) is 12.1 Å². The van der Waals surface area contributed by atoms with Gasteiger partial charge in [0, 0.05) is 24.7 Å². The van der Waals surface area contributed by atoms with Crippen LogP contribution >= 0.6 is 0 Å². The van der Waals surface area contributed by atoms with Gasteiger partial charge in [-0.2, -0.15) is 5.10 Å². The third-order valence-corrected chi connectivity index (χ3v) is 3.71. The van der Waals surface area contributed by atoms with Crippen molar-refractivity contribution in [1.29, 1.82) is 0 Å². The second-order valence-electron chi connectivity index (χ2n) is 4.86. The monoisotopic (exact) mass is 243 g/mol. The average Bonchev–Trinajstić information content (AvgIpc) is 2.68. The molecule has 0 unspecified atom stereocenters. The van der Waals surface area contributed by atoms with Crippen molar-refractivity contribution in [2.45, 2.75) is 27.2 Å². The first-order valence-electron chi connectivity index (χ1n) is 6.34. The minimum Gasteiger partial charge on any atom is -0.330 e. The zero-order valence-electron chi connectivity index (χ0n) is 11.6. The number of hydrogen-bond donors (Lipinski definition) is 1. The van der Waals surface area contributed by atoms with Crippen LogP contribution in [0, 0.1) is 20.8 Å². The quantitative estimate of drug-likeness (QED) is 0.900. The van der Waals surface area contributed by atoms with Gasteiger partial charge >= 0.3 is 0 Å². The Morgan fingerprint density at radius 3 is 2.56 bits per heavy atom. The molecular weight excluding hydrogens is 222 g/mol. The van der Waals surface area contributed by atoms with Gasteiger partial charge in [-0.25, -0.2) is 0 Å². The molecule has 0 aliphatic rings. The number of nitrogens with two attached hydrogens (primary N) is 1. The van der Waals surface area contributed by atoms with Gasteiger partial charge in [0.2, 0.25) is 0 Å². The lowest BCUT2D eigenvalue weighted by molar-refractivity contribution is 0.708. The van der Waals surface area contributed by atoms with Gasteiger partial charge in [0.05, 0.1) is 5.69 Å². The van der Waals surface area contributed by atoms with E-state index in [-0.39, 0.29) is 0 Å². The predicted molar refractivity (Wildman–Crippen MR) is 75.6 cm³/mol. The fourth-order valence-electron chi connectivity index (χ4n) is 2.25. The van der Waals surface area contributed by atoms with E-state index in [1.807, 2.05) is 11.7 Å². The molecule has 0 saturated carbocycles. The Bertz CT molecular complexity index is 567. The summed E-state index contributed by atoms with van der Waals surface area (Å²) in [7, 11) is 1.98. The minimum atomic E-state index is 0.658. The maximum absolute atomic E-state index is 5.61. The van der Waals surface area contributed by atoms with Crippen molar-refractivity contribution in [2.75, 3.05) is 6.54 Å². The first kappa shape index (κ1) is 12.8. The van der Waals surface area contributed by atoms with E-state index < -0.39 is 0 Å². The van der Waals surface area contributed by atoms with Crippen LogP contribution in [0.25, 0.3) is 11.3 Å². The lowest BCUT2D eigenvalue weighted by atomic mass is 9.97. The Hall–Kier alpha value is -1.61. The highest BCUT2D eigenvalue weighted by Gasteiger charge is 2.11. The van der Waals surface area contributed by atoms with Gasteiger partial charge in [-0.3, -0.25) is 4.68 Å². The zero-order chi connectivity index (χ0) is 13.3. The molecule has 0 aliphatic heterocycles. The maximum atomic E-state index is 5.61. The van der Waals surface area contributed by atoms with Crippen molar-refractivity contribution < 1.29 is 0 Å². The molecular formula is C15H21N3. The molecule has 0 atom stereocenters. The molecule has 0 aliphatic carbocycles.